The molecule has 0 aliphatic rings. The van der Waals surface area contributed by atoms with Crippen molar-refractivity contribution in [3.8, 4) is 0 Å². The first kappa shape index (κ1) is 13.2. The van der Waals surface area contributed by atoms with Crippen LogP contribution in [0.1, 0.15) is 20.7 Å². The maximum atomic E-state index is 11.4. The van der Waals surface area contributed by atoms with Crippen molar-refractivity contribution in [1.82, 2.24) is 0 Å². The second kappa shape index (κ2) is 6.66. The van der Waals surface area contributed by atoms with Crippen LogP contribution >= 0.6 is 0 Å². The minimum absolute atomic E-state index is 0.0820. The molecule has 0 aliphatic heterocycles. The topological polar surface area (TPSA) is 106 Å². The normalized spacial score (nSPS) is 10.0. The number of carbonyl (C=O) groups is 2. The maximum absolute atomic E-state index is 11.4. The molecule has 0 aromatic carbocycles. The average Bonchev–Trinajstić information content (AvgIpc) is 2.82. The molecule has 1 rings (SSSR count). The summed E-state index contributed by atoms with van der Waals surface area (Å²) in [5, 5.41) is 17.0. The van der Waals surface area contributed by atoms with Gasteiger partial charge in [0.1, 0.15) is 36.9 Å². The summed E-state index contributed by atoms with van der Waals surface area (Å²) in [6.45, 7) is -0.966. The van der Waals surface area contributed by atoms with Crippen LogP contribution in [0, 0.1) is 0 Å². The van der Waals surface area contributed by atoms with Gasteiger partial charge in [0.05, 0.1) is 13.2 Å². The van der Waals surface area contributed by atoms with E-state index in [1.165, 1.54) is 0 Å². The van der Waals surface area contributed by atoms with Crippen molar-refractivity contribution in [3.05, 3.63) is 23.7 Å². The van der Waals surface area contributed by atoms with Crippen LogP contribution < -0.4 is 0 Å². The molecule has 0 radical (unpaired) electrons. The second-order valence-electron chi connectivity index (χ2n) is 2.92. The number of rotatable bonds is 6. The number of hydrogen-bond donors (Lipinski definition) is 2. The van der Waals surface area contributed by atoms with Crippen molar-refractivity contribution in [2.45, 2.75) is 0 Å². The molecule has 1 aromatic heterocycles. The van der Waals surface area contributed by atoms with Crippen LogP contribution in [0.5, 0.6) is 0 Å². The van der Waals surface area contributed by atoms with Crippen molar-refractivity contribution in [2.75, 3.05) is 26.4 Å². The van der Waals surface area contributed by atoms with E-state index in [2.05, 4.69) is 9.47 Å². The van der Waals surface area contributed by atoms with Gasteiger partial charge in [0.2, 0.25) is 0 Å². The maximum Gasteiger partial charge on any atom is 0.342 e. The smallest absolute Gasteiger partial charge is 0.342 e. The Labute approximate surface area is 96.6 Å². The molecule has 0 saturated heterocycles. The molecule has 1 aromatic rings. The summed E-state index contributed by atoms with van der Waals surface area (Å²) in [5.74, 6) is -1.58. The lowest BCUT2D eigenvalue weighted by Crippen LogP contribution is -2.14. The van der Waals surface area contributed by atoms with E-state index in [9.17, 15) is 9.59 Å². The zero-order chi connectivity index (χ0) is 12.7. The van der Waals surface area contributed by atoms with Crippen LogP contribution in [0.4, 0.5) is 0 Å². The molecule has 0 atom stereocenters. The van der Waals surface area contributed by atoms with Gasteiger partial charge in [-0.2, -0.15) is 0 Å². The Bertz CT molecular complexity index is 347. The summed E-state index contributed by atoms with van der Waals surface area (Å²) in [5.41, 5.74) is -0.164. The van der Waals surface area contributed by atoms with Crippen LogP contribution in [0.15, 0.2) is 16.9 Å². The molecular weight excluding hydrogens is 232 g/mol. The fourth-order valence-electron chi connectivity index (χ4n) is 1.05. The van der Waals surface area contributed by atoms with Gasteiger partial charge < -0.3 is 24.1 Å². The van der Waals surface area contributed by atoms with E-state index in [0.717, 1.165) is 12.5 Å². The second-order valence-corrected chi connectivity index (χ2v) is 2.92. The van der Waals surface area contributed by atoms with Crippen LogP contribution in [-0.4, -0.2) is 48.6 Å². The van der Waals surface area contributed by atoms with Gasteiger partial charge in [-0.1, -0.05) is 0 Å². The molecule has 0 unspecified atom stereocenters. The number of hydrogen-bond acceptors (Lipinski definition) is 7. The van der Waals surface area contributed by atoms with Crippen molar-refractivity contribution >= 4 is 11.9 Å². The summed E-state index contributed by atoms with van der Waals surface area (Å²) in [4.78, 5) is 22.8. The first-order valence-electron chi connectivity index (χ1n) is 4.83. The number of ether oxygens (including phenoxy) is 2. The molecule has 7 heteroatoms. The molecule has 2 N–H and O–H groups in total. The fourth-order valence-corrected chi connectivity index (χ4v) is 1.05. The molecule has 0 fully saturated rings. The first-order valence-corrected chi connectivity index (χ1v) is 4.83. The van der Waals surface area contributed by atoms with Crippen molar-refractivity contribution in [3.63, 3.8) is 0 Å². The van der Waals surface area contributed by atoms with Gasteiger partial charge in [-0.05, 0) is 0 Å². The lowest BCUT2D eigenvalue weighted by atomic mass is 10.2. The Morgan fingerprint density at radius 2 is 1.41 bits per heavy atom. The Balaban J connectivity index is 2.71. The number of aliphatic hydroxyl groups is 2. The third-order valence-corrected chi connectivity index (χ3v) is 1.75. The third kappa shape index (κ3) is 3.58. The van der Waals surface area contributed by atoms with Crippen LogP contribution in [0.2, 0.25) is 0 Å². The molecule has 1 heterocycles. The largest absolute Gasteiger partial charge is 0.471 e. The standard InChI is InChI=1S/C10H12O7/c11-1-3-16-9(13)7-5-15-6-8(7)10(14)17-4-2-12/h5-6,11-12H,1-4H2. The Kier molecular flexibility index (Phi) is 5.18. The molecule has 0 aliphatic carbocycles. The van der Waals surface area contributed by atoms with Gasteiger partial charge in [0.15, 0.2) is 0 Å². The lowest BCUT2D eigenvalue weighted by Gasteiger charge is -2.03. The van der Waals surface area contributed by atoms with E-state index < -0.39 is 11.9 Å². The Morgan fingerprint density at radius 3 is 1.76 bits per heavy atom. The molecule has 17 heavy (non-hydrogen) atoms. The highest BCUT2D eigenvalue weighted by Gasteiger charge is 2.21. The number of esters is 2. The number of furan rings is 1. The summed E-state index contributed by atoms with van der Waals surface area (Å²) < 4.78 is 14.0. The minimum atomic E-state index is -0.788. The van der Waals surface area contributed by atoms with Gasteiger partial charge in [-0.3, -0.25) is 0 Å². The number of aliphatic hydroxyl groups excluding tert-OH is 2. The van der Waals surface area contributed by atoms with Crippen LogP contribution in [0.25, 0.3) is 0 Å². The zero-order valence-corrected chi connectivity index (χ0v) is 8.92. The highest BCUT2D eigenvalue weighted by atomic mass is 16.5. The predicted octanol–water partition coefficient (Wildman–Crippen LogP) is -0.422. The fraction of sp³-hybridized carbons (Fsp3) is 0.400. The lowest BCUT2D eigenvalue weighted by molar-refractivity contribution is 0.0391. The van der Waals surface area contributed by atoms with E-state index >= 15 is 0 Å². The summed E-state index contributed by atoms with van der Waals surface area (Å²) in [6, 6.07) is 0. The Hall–Kier alpha value is -1.86. The summed E-state index contributed by atoms with van der Waals surface area (Å²) in [7, 11) is 0. The zero-order valence-electron chi connectivity index (χ0n) is 8.92. The SMILES string of the molecule is O=C(OCCO)c1cocc1C(=O)OCCO. The predicted molar refractivity (Wildman–Crippen MR) is 53.4 cm³/mol. The third-order valence-electron chi connectivity index (χ3n) is 1.75. The van der Waals surface area contributed by atoms with E-state index in [1.807, 2.05) is 0 Å². The van der Waals surface area contributed by atoms with E-state index in [1.54, 1.807) is 0 Å². The molecule has 0 spiro atoms. The summed E-state index contributed by atoms with van der Waals surface area (Å²) in [6.07, 6.45) is 2.10. The van der Waals surface area contributed by atoms with Crippen molar-refractivity contribution < 1.29 is 33.7 Å². The van der Waals surface area contributed by atoms with Gasteiger partial charge in [0.25, 0.3) is 0 Å². The van der Waals surface area contributed by atoms with Gasteiger partial charge in [-0.15, -0.1) is 0 Å². The van der Waals surface area contributed by atoms with E-state index in [4.69, 9.17) is 14.6 Å². The van der Waals surface area contributed by atoms with Gasteiger partial charge >= 0.3 is 11.9 Å². The minimum Gasteiger partial charge on any atom is -0.471 e. The molecule has 94 valence electrons. The van der Waals surface area contributed by atoms with Crippen molar-refractivity contribution in [2.24, 2.45) is 0 Å². The quantitative estimate of drug-likeness (QED) is 0.654. The van der Waals surface area contributed by atoms with Crippen molar-refractivity contribution in [1.29, 1.82) is 0 Å². The highest BCUT2D eigenvalue weighted by Crippen LogP contribution is 2.13. The van der Waals surface area contributed by atoms with Gasteiger partial charge in [0, 0.05) is 0 Å². The number of carbonyl (C=O) groups excluding carboxylic acids is 2. The van der Waals surface area contributed by atoms with Crippen LogP contribution in [0.3, 0.4) is 0 Å². The molecule has 0 bridgehead atoms. The average molecular weight is 244 g/mol. The first-order chi connectivity index (χ1) is 8.20. The Morgan fingerprint density at radius 1 is 1.00 bits per heavy atom. The highest BCUT2D eigenvalue weighted by molar-refractivity contribution is 6.02. The van der Waals surface area contributed by atoms with Gasteiger partial charge in [-0.25, -0.2) is 9.59 Å². The molecule has 0 amide bonds. The van der Waals surface area contributed by atoms with Crippen LogP contribution in [-0.2, 0) is 9.47 Å². The summed E-state index contributed by atoms with van der Waals surface area (Å²) >= 11 is 0. The molecule has 0 saturated carbocycles. The molecular formula is C10H12O7. The molecule has 7 nitrogen and oxygen atoms in total. The van der Waals surface area contributed by atoms with E-state index in [-0.39, 0.29) is 37.6 Å². The monoisotopic (exact) mass is 244 g/mol. The van der Waals surface area contributed by atoms with E-state index in [0.29, 0.717) is 0 Å².